The van der Waals surface area contributed by atoms with Crippen molar-refractivity contribution < 1.29 is 9.90 Å². The van der Waals surface area contributed by atoms with Gasteiger partial charge in [0.15, 0.2) is 5.82 Å². The summed E-state index contributed by atoms with van der Waals surface area (Å²) in [6.07, 6.45) is 7.39. The highest BCUT2D eigenvalue weighted by Gasteiger charge is 2.13. The van der Waals surface area contributed by atoms with Gasteiger partial charge < -0.3 is 10.4 Å². The zero-order chi connectivity index (χ0) is 21.5. The molecule has 0 aliphatic carbocycles. The molecule has 156 valence electrons. The molecule has 0 spiro atoms. The summed E-state index contributed by atoms with van der Waals surface area (Å²) in [5.74, 6) is 0.678. The molecule has 0 aliphatic rings. The molecule has 0 aliphatic heterocycles. The first-order valence-corrected chi connectivity index (χ1v) is 11.1. The third-order valence-electron chi connectivity index (χ3n) is 4.75. The Labute approximate surface area is 181 Å². The summed E-state index contributed by atoms with van der Waals surface area (Å²) in [4.78, 5) is 21.5. The van der Waals surface area contributed by atoms with Gasteiger partial charge in [0, 0.05) is 16.9 Å². The van der Waals surface area contributed by atoms with Crippen LogP contribution in [0.2, 0.25) is 0 Å². The number of thiophene rings is 1. The van der Waals surface area contributed by atoms with E-state index in [0.29, 0.717) is 0 Å². The van der Waals surface area contributed by atoms with Crippen LogP contribution >= 0.6 is 11.3 Å². The average Bonchev–Trinajstić information content (AvgIpc) is 3.18. The molecule has 6 heteroatoms. The van der Waals surface area contributed by atoms with Gasteiger partial charge in [-0.1, -0.05) is 44.6 Å². The van der Waals surface area contributed by atoms with Crippen LogP contribution < -0.4 is 5.32 Å². The number of anilines is 2. The molecule has 0 bridgehead atoms. The van der Waals surface area contributed by atoms with Crippen LogP contribution in [0.4, 0.5) is 11.5 Å². The molecule has 2 heterocycles. The van der Waals surface area contributed by atoms with E-state index in [-0.39, 0.29) is 6.42 Å². The van der Waals surface area contributed by atoms with Crippen molar-refractivity contribution in [3.63, 3.8) is 0 Å². The van der Waals surface area contributed by atoms with E-state index < -0.39 is 5.97 Å². The second-order valence-corrected chi connectivity index (χ2v) is 8.05. The topological polar surface area (TPSA) is 75.1 Å². The van der Waals surface area contributed by atoms with Crippen molar-refractivity contribution in [3.8, 4) is 10.7 Å². The molecule has 3 rings (SSSR count). The third-order valence-corrected chi connectivity index (χ3v) is 5.69. The SMILES string of the molecule is CCCC=Cc1csc(-c2nc(C)c(CC)c(Nc3ccc(CC(=O)O)cc3)n2)c1. The molecule has 2 aromatic heterocycles. The predicted molar refractivity (Wildman–Crippen MR) is 124 cm³/mol. The Bertz CT molecular complexity index is 1040. The second-order valence-electron chi connectivity index (χ2n) is 7.14. The number of aromatic nitrogens is 2. The molecular weight excluding hydrogens is 394 g/mol. The second kappa shape index (κ2) is 10.2. The molecule has 0 saturated heterocycles. The Morgan fingerprint density at radius 2 is 1.97 bits per heavy atom. The highest BCUT2D eigenvalue weighted by Crippen LogP contribution is 2.30. The van der Waals surface area contributed by atoms with E-state index in [9.17, 15) is 4.79 Å². The molecule has 5 nitrogen and oxygen atoms in total. The molecule has 1 aromatic carbocycles. The molecule has 2 N–H and O–H groups in total. The van der Waals surface area contributed by atoms with Gasteiger partial charge in [-0.15, -0.1) is 11.3 Å². The fourth-order valence-corrected chi connectivity index (χ4v) is 4.00. The van der Waals surface area contributed by atoms with E-state index >= 15 is 0 Å². The summed E-state index contributed by atoms with van der Waals surface area (Å²) in [7, 11) is 0. The summed E-state index contributed by atoms with van der Waals surface area (Å²) >= 11 is 1.65. The number of benzene rings is 1. The molecule has 0 unspecified atom stereocenters. The van der Waals surface area contributed by atoms with Gasteiger partial charge in [-0.25, -0.2) is 9.97 Å². The minimum Gasteiger partial charge on any atom is -0.481 e. The number of aryl methyl sites for hydroxylation is 1. The average molecular weight is 422 g/mol. The van der Waals surface area contributed by atoms with Gasteiger partial charge in [0.25, 0.3) is 0 Å². The van der Waals surface area contributed by atoms with Gasteiger partial charge in [-0.05, 0) is 54.5 Å². The van der Waals surface area contributed by atoms with Crippen LogP contribution in [0.25, 0.3) is 16.8 Å². The minimum atomic E-state index is -0.833. The lowest BCUT2D eigenvalue weighted by atomic mass is 10.1. The monoisotopic (exact) mass is 421 g/mol. The van der Waals surface area contributed by atoms with E-state index in [4.69, 9.17) is 15.1 Å². The number of unbranched alkanes of at least 4 members (excludes halogenated alkanes) is 1. The van der Waals surface area contributed by atoms with Gasteiger partial charge in [0.2, 0.25) is 0 Å². The summed E-state index contributed by atoms with van der Waals surface area (Å²) < 4.78 is 0. The van der Waals surface area contributed by atoms with E-state index in [1.807, 2.05) is 31.2 Å². The highest BCUT2D eigenvalue weighted by atomic mass is 32.1. The summed E-state index contributed by atoms with van der Waals surface area (Å²) in [6.45, 7) is 6.28. The third kappa shape index (κ3) is 5.54. The zero-order valence-corrected chi connectivity index (χ0v) is 18.4. The maximum atomic E-state index is 10.9. The van der Waals surface area contributed by atoms with E-state index in [1.165, 1.54) is 5.56 Å². The molecule has 0 radical (unpaired) electrons. The number of hydrogen-bond acceptors (Lipinski definition) is 5. The van der Waals surface area contributed by atoms with E-state index in [0.717, 1.165) is 58.3 Å². The number of allylic oxidation sites excluding steroid dienone is 1. The van der Waals surface area contributed by atoms with Crippen molar-refractivity contribution in [2.45, 2.75) is 46.5 Å². The number of nitrogens with one attached hydrogen (secondary N) is 1. The Morgan fingerprint density at radius 3 is 2.63 bits per heavy atom. The van der Waals surface area contributed by atoms with Crippen molar-refractivity contribution in [2.75, 3.05) is 5.32 Å². The molecule has 30 heavy (non-hydrogen) atoms. The molecule has 0 saturated carbocycles. The fourth-order valence-electron chi connectivity index (χ4n) is 3.19. The number of nitrogens with zero attached hydrogens (tertiary/aromatic N) is 2. The van der Waals surface area contributed by atoms with Crippen LogP contribution in [-0.4, -0.2) is 21.0 Å². The number of carboxylic acids is 1. The van der Waals surface area contributed by atoms with Crippen LogP contribution in [0.1, 0.15) is 49.1 Å². The number of rotatable bonds is 9. The number of carboxylic acid groups (broad SMARTS) is 1. The minimum absolute atomic E-state index is 0.0185. The van der Waals surface area contributed by atoms with Gasteiger partial charge in [-0.3, -0.25) is 4.79 Å². The van der Waals surface area contributed by atoms with Crippen LogP contribution in [0, 0.1) is 6.92 Å². The van der Waals surface area contributed by atoms with Gasteiger partial charge in [0.1, 0.15) is 5.82 Å². The first kappa shape index (κ1) is 21.7. The standard InChI is InChI=1S/C24H27N3O2S/c1-4-6-7-8-18-13-21(30-15-18)24-25-16(3)20(5-2)23(27-24)26-19-11-9-17(10-12-19)14-22(28)29/h7-13,15H,4-6,14H2,1-3H3,(H,28,29)(H,25,26,27). The van der Waals surface area contributed by atoms with E-state index in [2.05, 4.69) is 42.8 Å². The first-order valence-electron chi connectivity index (χ1n) is 10.2. The van der Waals surface area contributed by atoms with Gasteiger partial charge in [0.05, 0.1) is 11.3 Å². The number of hydrogen-bond donors (Lipinski definition) is 2. The summed E-state index contributed by atoms with van der Waals surface area (Å²) in [5.41, 5.74) is 4.85. The Morgan fingerprint density at radius 1 is 1.20 bits per heavy atom. The van der Waals surface area contributed by atoms with Crippen molar-refractivity contribution in [2.24, 2.45) is 0 Å². The molecule has 3 aromatic rings. The van der Waals surface area contributed by atoms with Crippen LogP contribution in [0.15, 0.2) is 41.8 Å². The largest absolute Gasteiger partial charge is 0.481 e. The summed E-state index contributed by atoms with van der Waals surface area (Å²) in [6, 6.07) is 9.55. The zero-order valence-electron chi connectivity index (χ0n) is 17.6. The number of aliphatic carboxylic acids is 1. The lowest BCUT2D eigenvalue weighted by molar-refractivity contribution is -0.136. The Balaban J connectivity index is 1.87. The molecule has 0 fully saturated rings. The predicted octanol–water partition coefficient (Wildman–Crippen LogP) is 6.26. The lowest BCUT2D eigenvalue weighted by Crippen LogP contribution is -2.05. The Kier molecular flexibility index (Phi) is 7.36. The molecular formula is C24H27N3O2S. The number of carbonyl (C=O) groups is 1. The van der Waals surface area contributed by atoms with Crippen LogP contribution in [-0.2, 0) is 17.6 Å². The van der Waals surface area contributed by atoms with E-state index in [1.54, 1.807) is 11.3 Å². The fraction of sp³-hybridized carbons (Fsp3) is 0.292. The lowest BCUT2D eigenvalue weighted by Gasteiger charge is -2.14. The molecule has 0 atom stereocenters. The van der Waals surface area contributed by atoms with Crippen molar-refractivity contribution in [3.05, 3.63) is 64.2 Å². The first-order chi connectivity index (χ1) is 14.5. The van der Waals surface area contributed by atoms with Crippen molar-refractivity contribution in [1.82, 2.24) is 9.97 Å². The maximum Gasteiger partial charge on any atom is 0.307 e. The maximum absolute atomic E-state index is 10.9. The normalized spacial score (nSPS) is 11.2. The summed E-state index contributed by atoms with van der Waals surface area (Å²) in [5, 5.41) is 14.5. The van der Waals surface area contributed by atoms with Crippen molar-refractivity contribution in [1.29, 1.82) is 0 Å². The Hall–Kier alpha value is -2.99. The highest BCUT2D eigenvalue weighted by molar-refractivity contribution is 7.13. The quantitative estimate of drug-likeness (QED) is 0.426. The molecule has 0 amide bonds. The van der Waals surface area contributed by atoms with Crippen LogP contribution in [0.3, 0.4) is 0 Å². The van der Waals surface area contributed by atoms with Crippen molar-refractivity contribution >= 4 is 34.9 Å². The van der Waals surface area contributed by atoms with Crippen LogP contribution in [0.5, 0.6) is 0 Å². The smallest absolute Gasteiger partial charge is 0.307 e. The van der Waals surface area contributed by atoms with Gasteiger partial charge in [-0.2, -0.15) is 0 Å². The van der Waals surface area contributed by atoms with Gasteiger partial charge >= 0.3 is 5.97 Å².